The largest absolute Gasteiger partial charge is 0.340 e. The number of hydrogen-bond acceptors (Lipinski definition) is 5. The molecule has 0 spiro atoms. The number of anilines is 4. The van der Waals surface area contributed by atoms with Crippen molar-refractivity contribution in [3.63, 3.8) is 0 Å². The third-order valence-electron chi connectivity index (χ3n) is 4.70. The fourth-order valence-corrected chi connectivity index (χ4v) is 3.45. The van der Waals surface area contributed by atoms with E-state index in [1.165, 1.54) is 18.8 Å². The van der Waals surface area contributed by atoms with Crippen molar-refractivity contribution in [2.75, 3.05) is 22.1 Å². The summed E-state index contributed by atoms with van der Waals surface area (Å²) >= 11 is 0. The lowest BCUT2D eigenvalue weighted by Crippen LogP contribution is -2.36. The summed E-state index contributed by atoms with van der Waals surface area (Å²) in [6.07, 6.45) is 3.28. The molecule has 2 amide bonds. The summed E-state index contributed by atoms with van der Waals surface area (Å²) in [6.45, 7) is 2.13. The highest BCUT2D eigenvalue weighted by atomic mass is 16.2. The van der Waals surface area contributed by atoms with E-state index in [0.717, 1.165) is 24.2 Å². The van der Waals surface area contributed by atoms with Gasteiger partial charge in [0.25, 0.3) is 5.91 Å². The topological polar surface area (TPSA) is 87.2 Å². The summed E-state index contributed by atoms with van der Waals surface area (Å²) in [6, 6.07) is 16.9. The number of benzene rings is 2. The van der Waals surface area contributed by atoms with Crippen LogP contribution >= 0.6 is 0 Å². The Balaban J connectivity index is 1.55. The van der Waals surface area contributed by atoms with E-state index in [9.17, 15) is 9.59 Å². The molecule has 0 bridgehead atoms. The van der Waals surface area contributed by atoms with Gasteiger partial charge in [-0.3, -0.25) is 9.59 Å². The Bertz CT molecular complexity index is 1070. The minimum absolute atomic E-state index is 0.140. The van der Waals surface area contributed by atoms with E-state index in [1.807, 2.05) is 30.3 Å². The summed E-state index contributed by atoms with van der Waals surface area (Å²) in [5.74, 6) is 0.224. The molecule has 0 saturated heterocycles. The molecule has 3 aromatic rings. The number of carbonyl (C=O) groups is 2. The van der Waals surface area contributed by atoms with Gasteiger partial charge in [0.15, 0.2) is 0 Å². The van der Waals surface area contributed by atoms with E-state index < -0.39 is 0 Å². The Hall–Kier alpha value is -3.74. The van der Waals surface area contributed by atoms with Gasteiger partial charge >= 0.3 is 0 Å². The van der Waals surface area contributed by atoms with E-state index in [2.05, 4.69) is 26.7 Å². The highest BCUT2D eigenvalue weighted by molar-refractivity contribution is 6.05. The molecular formula is C22H21N5O2. The molecule has 4 rings (SSSR count). The van der Waals surface area contributed by atoms with Gasteiger partial charge in [0, 0.05) is 36.6 Å². The zero-order chi connectivity index (χ0) is 20.2. The number of fused-ring (bicyclic) bond motifs is 1. The van der Waals surface area contributed by atoms with Crippen LogP contribution in [0.3, 0.4) is 0 Å². The van der Waals surface area contributed by atoms with Crippen LogP contribution in [0, 0.1) is 0 Å². The Labute approximate surface area is 168 Å². The van der Waals surface area contributed by atoms with E-state index in [-0.39, 0.29) is 11.8 Å². The van der Waals surface area contributed by atoms with Crippen LogP contribution in [0.4, 0.5) is 22.9 Å². The van der Waals surface area contributed by atoms with Gasteiger partial charge in [-0.25, -0.2) is 9.97 Å². The Morgan fingerprint density at radius 2 is 1.83 bits per heavy atom. The lowest BCUT2D eigenvalue weighted by atomic mass is 10.0. The lowest BCUT2D eigenvalue weighted by Gasteiger charge is -2.29. The molecule has 0 unspecified atom stereocenters. The van der Waals surface area contributed by atoms with Crippen molar-refractivity contribution in [3.8, 4) is 0 Å². The molecule has 146 valence electrons. The lowest BCUT2D eigenvalue weighted by molar-refractivity contribution is -0.114. The van der Waals surface area contributed by atoms with Crippen LogP contribution in [0.15, 0.2) is 60.9 Å². The van der Waals surface area contributed by atoms with Gasteiger partial charge in [-0.15, -0.1) is 0 Å². The smallest absolute Gasteiger partial charge is 0.277 e. The number of hydrogen-bond donors (Lipinski definition) is 2. The second-order valence-corrected chi connectivity index (χ2v) is 6.86. The molecule has 0 atom stereocenters. The van der Waals surface area contributed by atoms with Crippen molar-refractivity contribution >= 4 is 34.7 Å². The van der Waals surface area contributed by atoms with Crippen molar-refractivity contribution in [1.82, 2.24) is 9.97 Å². The highest BCUT2D eigenvalue weighted by Gasteiger charge is 2.24. The molecule has 0 radical (unpaired) electrons. The van der Waals surface area contributed by atoms with Gasteiger partial charge in [0.2, 0.25) is 5.91 Å². The van der Waals surface area contributed by atoms with Gasteiger partial charge in [-0.1, -0.05) is 24.3 Å². The molecule has 0 aliphatic carbocycles. The van der Waals surface area contributed by atoms with Crippen molar-refractivity contribution in [2.45, 2.75) is 19.8 Å². The highest BCUT2D eigenvalue weighted by Crippen LogP contribution is 2.28. The van der Waals surface area contributed by atoms with Crippen molar-refractivity contribution < 1.29 is 9.59 Å². The SMILES string of the molecule is CC(=O)Nc1cccc(Nc2cc(C(=O)N3CCCc4ccccc43)ncn2)c1. The molecule has 7 nitrogen and oxygen atoms in total. The first-order valence-corrected chi connectivity index (χ1v) is 9.46. The molecule has 0 saturated carbocycles. The number of para-hydroxylation sites is 1. The fraction of sp³-hybridized carbons (Fsp3) is 0.182. The first kappa shape index (κ1) is 18.6. The van der Waals surface area contributed by atoms with Gasteiger partial charge in [-0.05, 0) is 42.7 Å². The molecule has 2 aromatic carbocycles. The summed E-state index contributed by atoms with van der Waals surface area (Å²) < 4.78 is 0. The van der Waals surface area contributed by atoms with Crippen molar-refractivity contribution in [2.24, 2.45) is 0 Å². The number of nitrogens with one attached hydrogen (secondary N) is 2. The second kappa shape index (κ2) is 8.10. The monoisotopic (exact) mass is 387 g/mol. The van der Waals surface area contributed by atoms with Gasteiger partial charge in [0.1, 0.15) is 17.8 Å². The summed E-state index contributed by atoms with van der Waals surface area (Å²) in [7, 11) is 0. The molecule has 2 N–H and O–H groups in total. The van der Waals surface area contributed by atoms with Crippen LogP contribution in [0.2, 0.25) is 0 Å². The molecule has 7 heteroatoms. The standard InChI is InChI=1S/C22H21N5O2/c1-15(28)25-17-8-4-9-18(12-17)26-21-13-19(23-14-24-21)22(29)27-11-5-7-16-6-2-3-10-20(16)27/h2-4,6,8-10,12-14H,5,7,11H2,1H3,(H,25,28)(H,23,24,26). The molecule has 29 heavy (non-hydrogen) atoms. The third-order valence-corrected chi connectivity index (χ3v) is 4.70. The quantitative estimate of drug-likeness (QED) is 0.712. The fourth-order valence-electron chi connectivity index (χ4n) is 3.45. The number of carbonyl (C=O) groups excluding carboxylic acids is 2. The van der Waals surface area contributed by atoms with Gasteiger partial charge in [0.05, 0.1) is 0 Å². The van der Waals surface area contributed by atoms with Crippen LogP contribution in [0.25, 0.3) is 0 Å². The maximum Gasteiger partial charge on any atom is 0.277 e. The van der Waals surface area contributed by atoms with Crippen LogP contribution in [0.5, 0.6) is 0 Å². The van der Waals surface area contributed by atoms with E-state index in [1.54, 1.807) is 23.1 Å². The van der Waals surface area contributed by atoms with Crippen LogP contribution in [0.1, 0.15) is 29.4 Å². The minimum atomic E-state index is -0.144. The Morgan fingerprint density at radius 1 is 1.00 bits per heavy atom. The molecule has 1 aliphatic rings. The molecule has 1 aromatic heterocycles. The average molecular weight is 387 g/mol. The Morgan fingerprint density at radius 3 is 2.69 bits per heavy atom. The number of aryl methyl sites for hydroxylation is 1. The number of aromatic nitrogens is 2. The van der Waals surface area contributed by atoms with Crippen LogP contribution in [-0.2, 0) is 11.2 Å². The van der Waals surface area contributed by atoms with Crippen LogP contribution < -0.4 is 15.5 Å². The van der Waals surface area contributed by atoms with Crippen LogP contribution in [-0.4, -0.2) is 28.3 Å². The van der Waals surface area contributed by atoms with Gasteiger partial charge in [-0.2, -0.15) is 0 Å². The van der Waals surface area contributed by atoms with Crippen molar-refractivity contribution in [3.05, 3.63) is 72.2 Å². The molecule has 2 heterocycles. The maximum atomic E-state index is 13.1. The maximum absolute atomic E-state index is 13.1. The van der Waals surface area contributed by atoms with E-state index >= 15 is 0 Å². The molecule has 0 fully saturated rings. The van der Waals surface area contributed by atoms with E-state index in [4.69, 9.17) is 0 Å². The zero-order valence-corrected chi connectivity index (χ0v) is 16.1. The molecular weight excluding hydrogens is 366 g/mol. The predicted molar refractivity (Wildman–Crippen MR) is 112 cm³/mol. The minimum Gasteiger partial charge on any atom is -0.340 e. The number of rotatable bonds is 4. The third kappa shape index (κ3) is 4.24. The van der Waals surface area contributed by atoms with Crippen molar-refractivity contribution in [1.29, 1.82) is 0 Å². The number of amides is 2. The normalized spacial score (nSPS) is 12.8. The first-order valence-electron chi connectivity index (χ1n) is 9.46. The average Bonchev–Trinajstić information content (AvgIpc) is 2.73. The first-order chi connectivity index (χ1) is 14.1. The Kier molecular flexibility index (Phi) is 5.20. The second-order valence-electron chi connectivity index (χ2n) is 6.86. The summed E-state index contributed by atoms with van der Waals surface area (Å²) in [5.41, 5.74) is 3.88. The number of nitrogens with zero attached hydrogens (tertiary/aromatic N) is 3. The predicted octanol–water partition coefficient (Wildman–Crippen LogP) is 3.77. The summed E-state index contributed by atoms with van der Waals surface area (Å²) in [5, 5.41) is 5.90. The molecule has 1 aliphatic heterocycles. The van der Waals surface area contributed by atoms with E-state index in [0.29, 0.717) is 23.7 Å². The zero-order valence-electron chi connectivity index (χ0n) is 16.1. The summed E-state index contributed by atoms with van der Waals surface area (Å²) in [4.78, 5) is 34.5. The van der Waals surface area contributed by atoms with Gasteiger partial charge < -0.3 is 15.5 Å².